The third-order valence-electron chi connectivity index (χ3n) is 2.06. The van der Waals surface area contributed by atoms with Crippen molar-refractivity contribution >= 4 is 5.69 Å². The van der Waals surface area contributed by atoms with Crippen LogP contribution in [0.25, 0.3) is 0 Å². The molecule has 1 aromatic heterocycles. The molecule has 68 valence electrons. The van der Waals surface area contributed by atoms with Crippen molar-refractivity contribution in [2.24, 2.45) is 0 Å². The van der Waals surface area contributed by atoms with Crippen molar-refractivity contribution in [2.75, 3.05) is 18.0 Å². The first-order valence-corrected chi connectivity index (χ1v) is 4.48. The van der Waals surface area contributed by atoms with Gasteiger partial charge in [0.15, 0.2) is 5.26 Å². The second-order valence-corrected chi connectivity index (χ2v) is 2.74. The van der Waals surface area contributed by atoms with E-state index in [0.717, 1.165) is 18.8 Å². The second kappa shape index (κ2) is 4.46. The summed E-state index contributed by atoms with van der Waals surface area (Å²) in [5.74, 6) is 0. The molecule has 0 atom stereocenters. The zero-order valence-corrected chi connectivity index (χ0v) is 8.07. The minimum atomic E-state index is 0.993. The molecule has 1 rings (SSSR count). The summed E-state index contributed by atoms with van der Waals surface area (Å²) in [6.07, 6.45) is 5.57. The fourth-order valence-electron chi connectivity index (χ4n) is 1.28. The van der Waals surface area contributed by atoms with Gasteiger partial charge in [0.1, 0.15) is 12.4 Å². The van der Waals surface area contributed by atoms with Crippen molar-refractivity contribution in [1.29, 1.82) is 5.26 Å². The summed E-state index contributed by atoms with van der Waals surface area (Å²) in [7, 11) is 0. The Kier molecular flexibility index (Phi) is 3.27. The monoisotopic (exact) mass is 176 g/mol. The molecule has 3 nitrogen and oxygen atoms in total. The normalized spacial score (nSPS) is 9.31. The van der Waals surface area contributed by atoms with Crippen molar-refractivity contribution in [3.63, 3.8) is 0 Å². The van der Waals surface area contributed by atoms with Crippen LogP contribution in [-0.4, -0.2) is 13.1 Å². The zero-order chi connectivity index (χ0) is 9.68. The molecular formula is C10H14N3+. The Balaban J connectivity index is 2.85. The second-order valence-electron chi connectivity index (χ2n) is 2.74. The Labute approximate surface area is 78.8 Å². The van der Waals surface area contributed by atoms with Crippen molar-refractivity contribution in [1.82, 2.24) is 0 Å². The van der Waals surface area contributed by atoms with E-state index in [1.807, 2.05) is 18.3 Å². The van der Waals surface area contributed by atoms with Crippen LogP contribution in [0, 0.1) is 11.5 Å². The molecule has 0 fully saturated rings. The van der Waals surface area contributed by atoms with Gasteiger partial charge in [-0.25, -0.2) is 0 Å². The minimum Gasteiger partial charge on any atom is -0.372 e. The van der Waals surface area contributed by atoms with Gasteiger partial charge in [-0.3, -0.25) is 0 Å². The molecule has 0 aliphatic rings. The van der Waals surface area contributed by atoms with Crippen LogP contribution < -0.4 is 9.47 Å². The summed E-state index contributed by atoms with van der Waals surface area (Å²) in [6, 6.07) is 3.91. The van der Waals surface area contributed by atoms with Crippen LogP contribution in [0.5, 0.6) is 0 Å². The Morgan fingerprint density at radius 1 is 1.31 bits per heavy atom. The molecule has 1 heterocycles. The van der Waals surface area contributed by atoms with E-state index < -0.39 is 0 Å². The summed E-state index contributed by atoms with van der Waals surface area (Å²) < 4.78 is 1.48. The van der Waals surface area contributed by atoms with E-state index >= 15 is 0 Å². The molecule has 0 unspecified atom stereocenters. The maximum absolute atomic E-state index is 8.58. The average molecular weight is 176 g/mol. The number of nitrogens with zero attached hydrogens (tertiary/aromatic N) is 3. The van der Waals surface area contributed by atoms with Gasteiger partial charge < -0.3 is 4.90 Å². The van der Waals surface area contributed by atoms with E-state index in [2.05, 4.69) is 18.7 Å². The smallest absolute Gasteiger partial charge is 0.372 e. The maximum Gasteiger partial charge on any atom is 0.463 e. The summed E-state index contributed by atoms with van der Waals surface area (Å²) in [5.41, 5.74) is 1.16. The Morgan fingerprint density at radius 3 is 2.23 bits per heavy atom. The quantitative estimate of drug-likeness (QED) is 0.647. The summed E-state index contributed by atoms with van der Waals surface area (Å²) in [5, 5.41) is 8.58. The van der Waals surface area contributed by atoms with Gasteiger partial charge >= 0.3 is 6.19 Å². The largest absolute Gasteiger partial charge is 0.463 e. The minimum absolute atomic E-state index is 0.993. The molecule has 3 heteroatoms. The van der Waals surface area contributed by atoms with Crippen LogP contribution in [0.1, 0.15) is 13.8 Å². The zero-order valence-electron chi connectivity index (χ0n) is 8.07. The Morgan fingerprint density at radius 2 is 1.85 bits per heavy atom. The molecule has 0 amide bonds. The van der Waals surface area contributed by atoms with Gasteiger partial charge in [-0.05, 0) is 13.8 Å². The fourth-order valence-corrected chi connectivity index (χ4v) is 1.28. The van der Waals surface area contributed by atoms with Gasteiger partial charge in [0.25, 0.3) is 0 Å². The molecule has 0 saturated carbocycles. The predicted molar refractivity (Wildman–Crippen MR) is 51.2 cm³/mol. The average Bonchev–Trinajstić information content (AvgIpc) is 2.21. The highest BCUT2D eigenvalue weighted by molar-refractivity contribution is 5.43. The molecule has 0 spiro atoms. The van der Waals surface area contributed by atoms with E-state index in [0.29, 0.717) is 0 Å². The SMILES string of the molecule is CCN(CC)c1cc[n+](C#N)cc1. The molecule has 1 aromatic rings. The van der Waals surface area contributed by atoms with E-state index in [-0.39, 0.29) is 0 Å². The molecule has 13 heavy (non-hydrogen) atoms. The summed E-state index contributed by atoms with van der Waals surface area (Å²) in [4.78, 5) is 2.24. The number of anilines is 1. The lowest BCUT2D eigenvalue weighted by atomic mass is 10.3. The molecule has 0 radical (unpaired) electrons. The lowest BCUT2D eigenvalue weighted by molar-refractivity contribution is -0.586. The first kappa shape index (κ1) is 9.53. The van der Waals surface area contributed by atoms with Crippen LogP contribution in [0.2, 0.25) is 0 Å². The van der Waals surface area contributed by atoms with Gasteiger partial charge in [-0.2, -0.15) is 0 Å². The van der Waals surface area contributed by atoms with Gasteiger partial charge in [0.2, 0.25) is 0 Å². The Bertz CT molecular complexity index is 293. The van der Waals surface area contributed by atoms with Crippen LogP contribution in [0.4, 0.5) is 5.69 Å². The van der Waals surface area contributed by atoms with E-state index in [9.17, 15) is 0 Å². The first-order chi connectivity index (χ1) is 6.31. The summed E-state index contributed by atoms with van der Waals surface area (Å²) >= 11 is 0. The summed E-state index contributed by atoms with van der Waals surface area (Å²) in [6.45, 7) is 6.23. The lowest BCUT2D eigenvalue weighted by Gasteiger charge is -2.19. The maximum atomic E-state index is 8.58. The van der Waals surface area contributed by atoms with Gasteiger partial charge in [-0.15, -0.1) is 4.57 Å². The van der Waals surface area contributed by atoms with Crippen molar-refractivity contribution in [3.8, 4) is 6.19 Å². The molecule has 0 bridgehead atoms. The standard InChI is InChI=1S/C10H14N3/c1-3-13(4-2)10-5-7-12(9-11)8-6-10/h5-8H,3-4H2,1-2H3/q+1. The van der Waals surface area contributed by atoms with Crippen LogP contribution >= 0.6 is 0 Å². The number of nitriles is 1. The van der Waals surface area contributed by atoms with Gasteiger partial charge in [0.05, 0.1) is 0 Å². The number of rotatable bonds is 3. The topological polar surface area (TPSA) is 30.9 Å². The van der Waals surface area contributed by atoms with E-state index in [4.69, 9.17) is 5.26 Å². The predicted octanol–water partition coefficient (Wildman–Crippen LogP) is 1.15. The molecule has 0 aliphatic carbocycles. The molecule has 0 N–H and O–H groups in total. The van der Waals surface area contributed by atoms with Crippen LogP contribution in [0.3, 0.4) is 0 Å². The molecular weight excluding hydrogens is 162 g/mol. The first-order valence-electron chi connectivity index (χ1n) is 4.48. The number of hydrogen-bond acceptors (Lipinski definition) is 2. The van der Waals surface area contributed by atoms with Gasteiger partial charge in [0, 0.05) is 30.9 Å². The highest BCUT2D eigenvalue weighted by Gasteiger charge is 2.02. The molecule has 0 aromatic carbocycles. The van der Waals surface area contributed by atoms with Crippen molar-refractivity contribution in [3.05, 3.63) is 24.5 Å². The van der Waals surface area contributed by atoms with E-state index in [1.165, 1.54) is 4.57 Å². The van der Waals surface area contributed by atoms with Crippen molar-refractivity contribution in [2.45, 2.75) is 13.8 Å². The number of pyridine rings is 1. The highest BCUT2D eigenvalue weighted by Crippen LogP contribution is 2.09. The number of hydrogen-bond donors (Lipinski definition) is 0. The van der Waals surface area contributed by atoms with Crippen LogP contribution in [-0.2, 0) is 0 Å². The fraction of sp³-hybridized carbons (Fsp3) is 0.400. The highest BCUT2D eigenvalue weighted by atomic mass is 15.1. The third kappa shape index (κ3) is 2.19. The van der Waals surface area contributed by atoms with Crippen molar-refractivity contribution < 1.29 is 4.57 Å². The van der Waals surface area contributed by atoms with Crippen LogP contribution in [0.15, 0.2) is 24.5 Å². The molecule has 0 aliphatic heterocycles. The molecule has 0 saturated heterocycles. The van der Waals surface area contributed by atoms with E-state index in [1.54, 1.807) is 12.4 Å². The number of aromatic nitrogens is 1. The lowest BCUT2D eigenvalue weighted by Crippen LogP contribution is -2.28. The van der Waals surface area contributed by atoms with Gasteiger partial charge in [-0.1, -0.05) is 0 Å². The third-order valence-corrected chi connectivity index (χ3v) is 2.06. The Hall–Kier alpha value is -1.56.